The van der Waals surface area contributed by atoms with Crippen molar-refractivity contribution in [2.45, 2.75) is 19.3 Å². The zero-order valence-corrected chi connectivity index (χ0v) is 16.3. The Morgan fingerprint density at radius 1 is 0.655 bits per heavy atom. The second kappa shape index (κ2) is 5.71. The number of hydrogen-bond acceptors (Lipinski definition) is 3. The summed E-state index contributed by atoms with van der Waals surface area (Å²) in [5, 5.41) is 0. The van der Waals surface area contributed by atoms with E-state index in [1.165, 1.54) is 22.3 Å². The fourth-order valence-electron chi connectivity index (χ4n) is 4.49. The fourth-order valence-corrected chi connectivity index (χ4v) is 4.49. The van der Waals surface area contributed by atoms with Gasteiger partial charge in [-0.25, -0.2) is 0 Å². The van der Waals surface area contributed by atoms with E-state index in [4.69, 9.17) is 9.47 Å². The Balaban J connectivity index is 1.46. The molecule has 3 heteroatoms. The lowest BCUT2D eigenvalue weighted by Crippen LogP contribution is -2.15. The second-order valence-corrected chi connectivity index (χ2v) is 8.12. The second-order valence-electron chi connectivity index (χ2n) is 8.12. The van der Waals surface area contributed by atoms with Crippen molar-refractivity contribution in [2.75, 3.05) is 0 Å². The molecule has 0 atom stereocenters. The molecule has 0 bridgehead atoms. The van der Waals surface area contributed by atoms with Gasteiger partial charge in [-0.3, -0.25) is 4.98 Å². The largest absolute Gasteiger partial charge is 0.450 e. The minimum atomic E-state index is -0.0608. The van der Waals surface area contributed by atoms with Gasteiger partial charge in [0.25, 0.3) is 0 Å². The third kappa shape index (κ3) is 2.34. The molecule has 29 heavy (non-hydrogen) atoms. The van der Waals surface area contributed by atoms with Crippen molar-refractivity contribution in [3.8, 4) is 45.3 Å². The molecular formula is C26H19NO2. The number of pyridine rings is 1. The summed E-state index contributed by atoms with van der Waals surface area (Å²) in [6, 6.07) is 22.9. The summed E-state index contributed by atoms with van der Waals surface area (Å²) in [5.74, 6) is 2.99. The standard InChI is InChI=1S/C26H19NO2/c1-26(2)20-8-4-3-7-18(20)19-13-24-25(14-21(19)26)28-22-10-9-16(12-23(22)29-24)17-6-5-11-27-15-17/h3-15H,1-2H3. The lowest BCUT2D eigenvalue weighted by Gasteiger charge is -2.25. The molecule has 0 N–H and O–H groups in total. The average Bonchev–Trinajstić information content (AvgIpc) is 2.98. The van der Waals surface area contributed by atoms with Gasteiger partial charge < -0.3 is 9.47 Å². The molecule has 0 fully saturated rings. The van der Waals surface area contributed by atoms with Crippen LogP contribution in [-0.2, 0) is 5.41 Å². The Morgan fingerprint density at radius 2 is 1.45 bits per heavy atom. The Morgan fingerprint density at radius 3 is 2.31 bits per heavy atom. The van der Waals surface area contributed by atoms with Gasteiger partial charge in [0.15, 0.2) is 23.0 Å². The SMILES string of the molecule is CC1(C)c2ccccc2-c2cc3c(cc21)Oc1ccc(-c2cccnc2)cc1O3. The Labute approximate surface area is 169 Å². The van der Waals surface area contributed by atoms with Crippen LogP contribution in [0, 0.1) is 0 Å². The molecule has 2 aliphatic rings. The van der Waals surface area contributed by atoms with Crippen LogP contribution >= 0.6 is 0 Å². The quantitative estimate of drug-likeness (QED) is 0.317. The number of rotatable bonds is 1. The molecule has 0 unspecified atom stereocenters. The molecule has 6 rings (SSSR count). The normalized spacial score (nSPS) is 14.7. The van der Waals surface area contributed by atoms with Gasteiger partial charge >= 0.3 is 0 Å². The van der Waals surface area contributed by atoms with E-state index in [1.807, 2.05) is 36.5 Å². The molecule has 0 saturated heterocycles. The first kappa shape index (κ1) is 16.4. The third-order valence-corrected chi connectivity index (χ3v) is 6.03. The number of hydrogen-bond donors (Lipinski definition) is 0. The van der Waals surface area contributed by atoms with E-state index in [1.54, 1.807) is 6.20 Å². The molecule has 2 heterocycles. The van der Waals surface area contributed by atoms with Crippen LogP contribution < -0.4 is 9.47 Å². The summed E-state index contributed by atoms with van der Waals surface area (Å²) in [6.07, 6.45) is 3.63. The summed E-state index contributed by atoms with van der Waals surface area (Å²) < 4.78 is 12.5. The van der Waals surface area contributed by atoms with Crippen LogP contribution in [0.1, 0.15) is 25.0 Å². The van der Waals surface area contributed by atoms with Crippen LogP contribution in [0.25, 0.3) is 22.3 Å². The zero-order chi connectivity index (χ0) is 19.6. The molecule has 1 aliphatic carbocycles. The van der Waals surface area contributed by atoms with Gasteiger partial charge in [-0.15, -0.1) is 0 Å². The number of nitrogens with zero attached hydrogens (tertiary/aromatic N) is 1. The highest BCUT2D eigenvalue weighted by Gasteiger charge is 2.37. The lowest BCUT2D eigenvalue weighted by atomic mass is 9.82. The van der Waals surface area contributed by atoms with E-state index in [0.717, 1.165) is 34.1 Å². The van der Waals surface area contributed by atoms with Crippen LogP contribution in [-0.4, -0.2) is 4.98 Å². The van der Waals surface area contributed by atoms with E-state index < -0.39 is 0 Å². The Kier molecular flexibility index (Phi) is 3.22. The molecule has 4 aromatic rings. The Hall–Kier alpha value is -3.59. The molecule has 1 aliphatic heterocycles. The van der Waals surface area contributed by atoms with Crippen molar-refractivity contribution >= 4 is 0 Å². The monoisotopic (exact) mass is 377 g/mol. The highest BCUT2D eigenvalue weighted by atomic mass is 16.6. The minimum Gasteiger partial charge on any atom is -0.450 e. The molecule has 0 radical (unpaired) electrons. The lowest BCUT2D eigenvalue weighted by molar-refractivity contribution is 0.359. The number of aromatic nitrogens is 1. The van der Waals surface area contributed by atoms with Gasteiger partial charge in [0.2, 0.25) is 0 Å². The molecule has 0 saturated carbocycles. The van der Waals surface area contributed by atoms with Crippen molar-refractivity contribution in [1.29, 1.82) is 0 Å². The van der Waals surface area contributed by atoms with Crippen LogP contribution in [0.3, 0.4) is 0 Å². The number of ether oxygens (including phenoxy) is 2. The van der Waals surface area contributed by atoms with Gasteiger partial charge in [-0.2, -0.15) is 0 Å². The van der Waals surface area contributed by atoms with Crippen molar-refractivity contribution < 1.29 is 9.47 Å². The minimum absolute atomic E-state index is 0.0608. The van der Waals surface area contributed by atoms with Crippen molar-refractivity contribution in [3.05, 3.63) is 90.3 Å². The van der Waals surface area contributed by atoms with Gasteiger partial charge in [0.1, 0.15) is 0 Å². The highest BCUT2D eigenvalue weighted by Crippen LogP contribution is 2.55. The van der Waals surface area contributed by atoms with Crippen molar-refractivity contribution in [2.24, 2.45) is 0 Å². The van der Waals surface area contributed by atoms with Gasteiger partial charge in [-0.05, 0) is 58.1 Å². The number of benzene rings is 3. The van der Waals surface area contributed by atoms with E-state index in [0.29, 0.717) is 0 Å². The molecular weight excluding hydrogens is 358 g/mol. The van der Waals surface area contributed by atoms with Gasteiger partial charge in [-0.1, -0.05) is 50.2 Å². The summed E-state index contributed by atoms with van der Waals surface area (Å²) in [5.41, 5.74) is 7.15. The summed E-state index contributed by atoms with van der Waals surface area (Å²) in [6.45, 7) is 4.53. The smallest absolute Gasteiger partial charge is 0.170 e. The van der Waals surface area contributed by atoms with Crippen molar-refractivity contribution in [3.63, 3.8) is 0 Å². The first-order valence-corrected chi connectivity index (χ1v) is 9.80. The molecule has 0 spiro atoms. The van der Waals surface area contributed by atoms with Crippen LogP contribution in [0.4, 0.5) is 0 Å². The first-order valence-electron chi connectivity index (χ1n) is 9.80. The maximum absolute atomic E-state index is 6.30. The predicted octanol–water partition coefficient (Wildman–Crippen LogP) is 6.95. The molecule has 140 valence electrons. The zero-order valence-electron chi connectivity index (χ0n) is 16.3. The van der Waals surface area contributed by atoms with Crippen LogP contribution in [0.5, 0.6) is 23.0 Å². The average molecular weight is 377 g/mol. The predicted molar refractivity (Wildman–Crippen MR) is 114 cm³/mol. The van der Waals surface area contributed by atoms with E-state index in [2.05, 4.69) is 55.2 Å². The summed E-state index contributed by atoms with van der Waals surface area (Å²) in [4.78, 5) is 4.21. The summed E-state index contributed by atoms with van der Waals surface area (Å²) in [7, 11) is 0. The molecule has 3 aromatic carbocycles. The van der Waals surface area contributed by atoms with Gasteiger partial charge in [0, 0.05) is 23.4 Å². The van der Waals surface area contributed by atoms with E-state index in [-0.39, 0.29) is 5.41 Å². The third-order valence-electron chi connectivity index (χ3n) is 6.03. The molecule has 1 aromatic heterocycles. The van der Waals surface area contributed by atoms with Gasteiger partial charge in [0.05, 0.1) is 0 Å². The number of fused-ring (bicyclic) bond motifs is 5. The summed E-state index contributed by atoms with van der Waals surface area (Å²) >= 11 is 0. The van der Waals surface area contributed by atoms with Crippen LogP contribution in [0.15, 0.2) is 79.1 Å². The Bertz CT molecular complexity index is 1280. The first-order chi connectivity index (χ1) is 14.1. The topological polar surface area (TPSA) is 31.4 Å². The maximum Gasteiger partial charge on any atom is 0.170 e. The molecule has 0 amide bonds. The molecule has 3 nitrogen and oxygen atoms in total. The van der Waals surface area contributed by atoms with E-state index in [9.17, 15) is 0 Å². The maximum atomic E-state index is 6.30. The fraction of sp³-hybridized carbons (Fsp3) is 0.115. The van der Waals surface area contributed by atoms with E-state index >= 15 is 0 Å². The van der Waals surface area contributed by atoms with Crippen molar-refractivity contribution in [1.82, 2.24) is 4.98 Å². The van der Waals surface area contributed by atoms with Crippen LogP contribution in [0.2, 0.25) is 0 Å². The highest BCUT2D eigenvalue weighted by molar-refractivity contribution is 5.83.